The van der Waals surface area contributed by atoms with E-state index in [1.54, 1.807) is 31.2 Å². The number of carbonyl (C=O) groups is 4. The van der Waals surface area contributed by atoms with Crippen LogP contribution in [0.1, 0.15) is 97.0 Å². The number of hydrogen-bond donors (Lipinski definition) is 4. The largest absolute Gasteiger partial charge is 0.507 e. The van der Waals surface area contributed by atoms with Crippen molar-refractivity contribution in [3.63, 3.8) is 0 Å². The highest BCUT2D eigenvalue weighted by Crippen LogP contribution is 2.47. The number of benzene rings is 2. The Morgan fingerprint density at radius 2 is 1.59 bits per heavy atom. The Hall–Kier alpha value is -6.06. The molecule has 3 aromatic rings. The second kappa shape index (κ2) is 19.5. The smallest absolute Gasteiger partial charge is 0.342 e. The summed E-state index contributed by atoms with van der Waals surface area (Å²) in [6, 6.07) is 5.68. The number of fused-ring (bicyclic) bond motifs is 1. The Bertz CT molecular complexity index is 2080. The van der Waals surface area contributed by atoms with Crippen LogP contribution < -0.4 is 36.1 Å². The van der Waals surface area contributed by atoms with Gasteiger partial charge in [0.25, 0.3) is 5.56 Å². The highest BCUT2D eigenvalue weighted by molar-refractivity contribution is 5.98. The summed E-state index contributed by atoms with van der Waals surface area (Å²) in [4.78, 5) is 76.6. The number of aromatic nitrogens is 2. The summed E-state index contributed by atoms with van der Waals surface area (Å²) in [5.74, 6) is -3.18. The first-order valence-corrected chi connectivity index (χ1v) is 18.3. The molecule has 2 amide bonds. The number of methoxy groups -OCH3 is 3. The minimum atomic E-state index is -1.11. The zero-order chi connectivity index (χ0) is 41.1. The van der Waals surface area contributed by atoms with Gasteiger partial charge in [0.2, 0.25) is 17.6 Å². The van der Waals surface area contributed by atoms with E-state index in [1.807, 2.05) is 0 Å². The van der Waals surface area contributed by atoms with Crippen molar-refractivity contribution in [3.8, 4) is 28.7 Å². The van der Waals surface area contributed by atoms with Gasteiger partial charge in [0, 0.05) is 69.6 Å². The molecule has 1 aromatic heterocycles. The summed E-state index contributed by atoms with van der Waals surface area (Å²) in [5.41, 5.74) is -0.583. The molecule has 56 heavy (non-hydrogen) atoms. The summed E-state index contributed by atoms with van der Waals surface area (Å²) in [7, 11) is 7.07. The van der Waals surface area contributed by atoms with E-state index in [9.17, 15) is 39.0 Å². The van der Waals surface area contributed by atoms with Crippen molar-refractivity contribution in [2.45, 2.75) is 76.9 Å². The van der Waals surface area contributed by atoms with E-state index in [2.05, 4.69) is 10.6 Å². The van der Waals surface area contributed by atoms with Gasteiger partial charge >= 0.3 is 11.7 Å². The van der Waals surface area contributed by atoms with E-state index in [-0.39, 0.29) is 65.7 Å². The summed E-state index contributed by atoms with van der Waals surface area (Å²) < 4.78 is 24.5. The molecule has 2 heterocycles. The third kappa shape index (κ3) is 10.4. The molecule has 2 unspecified atom stereocenters. The lowest BCUT2D eigenvalue weighted by atomic mass is 9.84. The Kier molecular flexibility index (Phi) is 14.9. The van der Waals surface area contributed by atoms with Crippen LogP contribution in [0, 0.1) is 0 Å². The average Bonchev–Trinajstić information content (AvgIpc) is 3.16. The number of aromatic hydroxyl groups is 2. The van der Waals surface area contributed by atoms with Gasteiger partial charge in [-0.1, -0.05) is 12.2 Å². The van der Waals surface area contributed by atoms with Crippen LogP contribution in [-0.2, 0) is 39.8 Å². The number of esters is 1. The molecule has 2 atom stereocenters. The summed E-state index contributed by atoms with van der Waals surface area (Å²) >= 11 is 0. The molecule has 4 N–H and O–H groups in total. The summed E-state index contributed by atoms with van der Waals surface area (Å²) in [5, 5.41) is 28.8. The number of nitrogens with one attached hydrogen (secondary N) is 2. The van der Waals surface area contributed by atoms with Crippen molar-refractivity contribution in [1.82, 2.24) is 19.8 Å². The molecule has 16 heteroatoms. The number of hydrogen-bond acceptors (Lipinski definition) is 12. The number of cyclic esters (lactones) is 1. The SMILES string of the molecule is COc1cc(C(CC(=O)NCCC(=O)NCc2cc(=O)n(C)c(=O)n2C)c2c(O)cc3c(c2O)C(=O)OC(C)CCCC(=O)CCCC=C3)cc(OC)c1OC. The standard InChI is InChI=1S/C40H50N4O12/c1-23-11-10-14-27(45)13-9-7-8-12-24-17-29(46)36(37(50)35(24)39(51)56-23)28(25-18-30(53-4)38(55-6)31(19-25)54-5)21-33(48)41-16-15-32(47)42-22-26-20-34(49)44(3)40(52)43(26)2/h8,12,17-20,23,28,46,50H,7,9-11,13-16,21-22H2,1-6H3,(H,41,48)(H,42,47). The highest BCUT2D eigenvalue weighted by atomic mass is 16.5. The molecule has 0 fully saturated rings. The maximum absolute atomic E-state index is 13.7. The second-order valence-corrected chi connectivity index (χ2v) is 13.5. The monoisotopic (exact) mass is 778 g/mol. The van der Waals surface area contributed by atoms with Gasteiger partial charge < -0.3 is 39.8 Å². The molecule has 0 spiro atoms. The van der Waals surface area contributed by atoms with Crippen LogP contribution in [0.15, 0.2) is 39.9 Å². The Morgan fingerprint density at radius 1 is 0.911 bits per heavy atom. The topological polar surface area (TPSA) is 214 Å². The molecule has 4 rings (SSSR count). The number of nitrogens with zero attached hydrogens (tertiary/aromatic N) is 2. The number of phenols is 2. The molecule has 0 bridgehead atoms. The van der Waals surface area contributed by atoms with Gasteiger partial charge in [-0.05, 0) is 61.9 Å². The lowest BCUT2D eigenvalue weighted by Crippen LogP contribution is -2.39. The fourth-order valence-corrected chi connectivity index (χ4v) is 6.51. The van der Waals surface area contributed by atoms with E-state index in [0.29, 0.717) is 49.8 Å². The number of ketones is 1. The summed E-state index contributed by atoms with van der Waals surface area (Å²) in [6.07, 6.45) is 5.02. The number of amides is 2. The van der Waals surface area contributed by atoms with Crippen LogP contribution in [0.3, 0.4) is 0 Å². The van der Waals surface area contributed by atoms with Crippen LogP contribution in [0.4, 0.5) is 0 Å². The van der Waals surface area contributed by atoms with Gasteiger partial charge in [0.15, 0.2) is 11.5 Å². The first kappa shape index (κ1) is 42.7. The predicted octanol–water partition coefficient (Wildman–Crippen LogP) is 3.35. The van der Waals surface area contributed by atoms with Crippen LogP contribution >= 0.6 is 0 Å². The number of carbonyl (C=O) groups excluding carboxylic acids is 4. The Morgan fingerprint density at radius 3 is 2.25 bits per heavy atom. The zero-order valence-electron chi connectivity index (χ0n) is 32.6. The molecule has 2 aromatic carbocycles. The Balaban J connectivity index is 1.68. The van der Waals surface area contributed by atoms with Crippen molar-refractivity contribution >= 4 is 29.6 Å². The molecule has 0 saturated heterocycles. The number of phenolic OH excluding ortho intramolecular Hbond substituents is 2. The highest BCUT2D eigenvalue weighted by Gasteiger charge is 2.32. The van der Waals surface area contributed by atoms with Gasteiger partial charge in [-0.3, -0.25) is 28.3 Å². The Labute approximate surface area is 324 Å². The fourth-order valence-electron chi connectivity index (χ4n) is 6.51. The zero-order valence-corrected chi connectivity index (χ0v) is 32.6. The lowest BCUT2D eigenvalue weighted by molar-refractivity contribution is -0.123. The third-order valence-electron chi connectivity index (χ3n) is 9.64. The number of rotatable bonds is 12. The fraction of sp³-hybridized carbons (Fsp3) is 0.450. The minimum Gasteiger partial charge on any atom is -0.507 e. The third-order valence-corrected chi connectivity index (χ3v) is 9.64. The van der Waals surface area contributed by atoms with E-state index < -0.39 is 52.6 Å². The van der Waals surface area contributed by atoms with Crippen molar-refractivity contribution in [1.29, 1.82) is 0 Å². The molecule has 0 saturated carbocycles. The number of ether oxygens (including phenoxy) is 4. The molecular formula is C40H50N4O12. The maximum Gasteiger partial charge on any atom is 0.342 e. The van der Waals surface area contributed by atoms with Gasteiger partial charge in [0.05, 0.1) is 34.0 Å². The van der Waals surface area contributed by atoms with Crippen LogP contribution in [0.2, 0.25) is 0 Å². The predicted molar refractivity (Wildman–Crippen MR) is 205 cm³/mol. The van der Waals surface area contributed by atoms with Crippen molar-refractivity contribution in [2.75, 3.05) is 27.9 Å². The second-order valence-electron chi connectivity index (χ2n) is 13.5. The van der Waals surface area contributed by atoms with Crippen molar-refractivity contribution in [2.24, 2.45) is 14.1 Å². The van der Waals surface area contributed by atoms with E-state index in [1.165, 1.54) is 52.1 Å². The van der Waals surface area contributed by atoms with Crippen LogP contribution in [-0.4, -0.2) is 76.9 Å². The van der Waals surface area contributed by atoms with Crippen LogP contribution in [0.25, 0.3) is 6.08 Å². The van der Waals surface area contributed by atoms with E-state index in [0.717, 1.165) is 4.57 Å². The molecule has 1 aliphatic heterocycles. The summed E-state index contributed by atoms with van der Waals surface area (Å²) in [6.45, 7) is 1.49. The molecule has 302 valence electrons. The normalized spacial score (nSPS) is 15.5. The van der Waals surface area contributed by atoms with Gasteiger partial charge in [0.1, 0.15) is 22.8 Å². The van der Waals surface area contributed by atoms with Crippen molar-refractivity contribution in [3.05, 3.63) is 79.1 Å². The van der Waals surface area contributed by atoms with Crippen LogP contribution in [0.5, 0.6) is 28.7 Å². The number of allylic oxidation sites excluding steroid dienone is 1. The van der Waals surface area contributed by atoms with E-state index >= 15 is 0 Å². The lowest BCUT2D eigenvalue weighted by Gasteiger charge is -2.24. The maximum atomic E-state index is 13.7. The van der Waals surface area contributed by atoms with Crippen molar-refractivity contribution < 1.29 is 48.3 Å². The first-order chi connectivity index (χ1) is 26.7. The quantitative estimate of drug-likeness (QED) is 0.195. The molecule has 16 nitrogen and oxygen atoms in total. The molecule has 1 aliphatic rings. The average molecular weight is 779 g/mol. The minimum absolute atomic E-state index is 0.0925. The van der Waals surface area contributed by atoms with Gasteiger partial charge in [-0.25, -0.2) is 9.59 Å². The molecular weight excluding hydrogens is 728 g/mol. The number of Topliss-reactive ketones (excluding diaryl/α,β-unsaturated/α-hetero) is 1. The molecule has 0 aliphatic carbocycles. The van der Waals surface area contributed by atoms with Gasteiger partial charge in [-0.15, -0.1) is 0 Å². The van der Waals surface area contributed by atoms with E-state index in [4.69, 9.17) is 18.9 Å². The first-order valence-electron chi connectivity index (χ1n) is 18.3. The molecule has 0 radical (unpaired) electrons. The van der Waals surface area contributed by atoms with Gasteiger partial charge in [-0.2, -0.15) is 0 Å².